The molecule has 15 heavy (non-hydrogen) atoms. The zero-order chi connectivity index (χ0) is 11.6. The average molecular weight is 274 g/mol. The lowest BCUT2D eigenvalue weighted by atomic mass is 10.0. The number of rotatable bonds is 3. The fraction of sp³-hybridized carbons (Fsp3) is 0.111. The van der Waals surface area contributed by atoms with Crippen LogP contribution in [-0.4, -0.2) is 22.2 Å². The molecule has 80 valence electrons. The molecule has 5 nitrogen and oxygen atoms in total. The van der Waals surface area contributed by atoms with Gasteiger partial charge in [0.25, 0.3) is 0 Å². The topological polar surface area (TPSA) is 101 Å². The lowest BCUT2D eigenvalue weighted by Gasteiger charge is -2.10. The number of carboxylic acids is 2. The summed E-state index contributed by atoms with van der Waals surface area (Å²) >= 11 is 3.10. The Morgan fingerprint density at radius 1 is 1.33 bits per heavy atom. The van der Waals surface area contributed by atoms with Crippen molar-refractivity contribution < 1.29 is 19.8 Å². The minimum atomic E-state index is -1.33. The third kappa shape index (κ3) is 2.54. The van der Waals surface area contributed by atoms with Crippen LogP contribution in [-0.2, 0) is 4.79 Å². The number of benzene rings is 1. The van der Waals surface area contributed by atoms with E-state index in [1.165, 1.54) is 12.1 Å². The molecule has 0 heterocycles. The molecule has 0 aliphatic carbocycles. The minimum absolute atomic E-state index is 0.0817. The first-order valence-corrected chi connectivity index (χ1v) is 4.74. The van der Waals surface area contributed by atoms with E-state index in [9.17, 15) is 9.59 Å². The van der Waals surface area contributed by atoms with Crippen molar-refractivity contribution in [2.24, 2.45) is 5.73 Å². The van der Waals surface area contributed by atoms with Crippen LogP contribution in [0.15, 0.2) is 22.7 Å². The number of carboxylic acid groups (broad SMARTS) is 2. The van der Waals surface area contributed by atoms with Gasteiger partial charge in [-0.3, -0.25) is 4.79 Å². The third-order valence-electron chi connectivity index (χ3n) is 1.85. The van der Waals surface area contributed by atoms with Gasteiger partial charge in [-0.2, -0.15) is 0 Å². The second-order valence-corrected chi connectivity index (χ2v) is 3.77. The first-order valence-electron chi connectivity index (χ1n) is 3.94. The standard InChI is InChI=1S/C9H8BrNO4/c10-4-1-2-5(7(11)9(14)15)6(3-4)8(12)13/h1-3,7H,11H2,(H,12,13)(H,14,15)/t7-/m0/s1. The molecule has 0 bridgehead atoms. The molecule has 0 aliphatic rings. The van der Waals surface area contributed by atoms with Crippen molar-refractivity contribution in [3.8, 4) is 0 Å². The fourth-order valence-electron chi connectivity index (χ4n) is 1.12. The molecule has 0 unspecified atom stereocenters. The van der Waals surface area contributed by atoms with Crippen LogP contribution in [0.3, 0.4) is 0 Å². The van der Waals surface area contributed by atoms with Crippen LogP contribution in [0.4, 0.5) is 0 Å². The van der Waals surface area contributed by atoms with E-state index in [1.807, 2.05) is 0 Å². The molecular formula is C9H8BrNO4. The van der Waals surface area contributed by atoms with Gasteiger partial charge in [-0.15, -0.1) is 0 Å². The fourth-order valence-corrected chi connectivity index (χ4v) is 1.48. The highest BCUT2D eigenvalue weighted by molar-refractivity contribution is 9.10. The molecule has 0 radical (unpaired) electrons. The van der Waals surface area contributed by atoms with Crippen molar-refractivity contribution in [2.45, 2.75) is 6.04 Å². The summed E-state index contributed by atoms with van der Waals surface area (Å²) in [7, 11) is 0. The van der Waals surface area contributed by atoms with E-state index < -0.39 is 18.0 Å². The summed E-state index contributed by atoms with van der Waals surface area (Å²) in [6.45, 7) is 0. The number of aromatic carboxylic acids is 1. The zero-order valence-corrected chi connectivity index (χ0v) is 9.06. The van der Waals surface area contributed by atoms with Gasteiger partial charge in [0.2, 0.25) is 0 Å². The highest BCUT2D eigenvalue weighted by atomic mass is 79.9. The Bertz CT molecular complexity index is 419. The summed E-state index contributed by atoms with van der Waals surface area (Å²) in [5.41, 5.74) is 5.32. The van der Waals surface area contributed by atoms with E-state index in [-0.39, 0.29) is 11.1 Å². The molecule has 6 heteroatoms. The molecule has 1 rings (SSSR count). The van der Waals surface area contributed by atoms with E-state index >= 15 is 0 Å². The van der Waals surface area contributed by atoms with Crippen LogP contribution in [0, 0.1) is 0 Å². The molecule has 4 N–H and O–H groups in total. The number of hydrogen-bond acceptors (Lipinski definition) is 3. The van der Waals surface area contributed by atoms with Crippen LogP contribution < -0.4 is 5.73 Å². The Morgan fingerprint density at radius 2 is 1.93 bits per heavy atom. The SMILES string of the molecule is N[C@H](C(=O)O)c1ccc(Br)cc1C(=O)O. The maximum atomic E-state index is 10.8. The number of halogens is 1. The zero-order valence-electron chi connectivity index (χ0n) is 7.48. The lowest BCUT2D eigenvalue weighted by Crippen LogP contribution is -2.23. The van der Waals surface area contributed by atoms with Gasteiger partial charge in [-0.05, 0) is 17.7 Å². The number of hydrogen-bond donors (Lipinski definition) is 3. The molecule has 0 aliphatic heterocycles. The molecule has 0 aromatic heterocycles. The Balaban J connectivity index is 3.28. The summed E-state index contributed by atoms with van der Waals surface area (Å²) in [6, 6.07) is 2.92. The predicted octanol–water partition coefficient (Wildman–Crippen LogP) is 1.23. The number of carbonyl (C=O) groups is 2. The minimum Gasteiger partial charge on any atom is -0.480 e. The second-order valence-electron chi connectivity index (χ2n) is 2.85. The molecule has 1 aromatic rings. The van der Waals surface area contributed by atoms with Crippen molar-refractivity contribution in [3.05, 3.63) is 33.8 Å². The molecule has 0 amide bonds. The van der Waals surface area contributed by atoms with Crippen LogP contribution in [0.2, 0.25) is 0 Å². The van der Waals surface area contributed by atoms with Gasteiger partial charge in [0.15, 0.2) is 0 Å². The molecule has 0 fully saturated rings. The van der Waals surface area contributed by atoms with Gasteiger partial charge in [-0.1, -0.05) is 22.0 Å². The largest absolute Gasteiger partial charge is 0.480 e. The average Bonchev–Trinajstić information content (AvgIpc) is 2.16. The molecule has 1 atom stereocenters. The summed E-state index contributed by atoms with van der Waals surface area (Å²) in [5, 5.41) is 17.5. The van der Waals surface area contributed by atoms with E-state index in [0.717, 1.165) is 0 Å². The normalized spacial score (nSPS) is 12.1. The van der Waals surface area contributed by atoms with Crippen molar-refractivity contribution in [1.82, 2.24) is 0 Å². The third-order valence-corrected chi connectivity index (χ3v) is 2.34. The highest BCUT2D eigenvalue weighted by Crippen LogP contribution is 2.21. The Labute approximate surface area is 93.6 Å². The smallest absolute Gasteiger partial charge is 0.336 e. The maximum Gasteiger partial charge on any atom is 0.336 e. The Morgan fingerprint density at radius 3 is 2.40 bits per heavy atom. The predicted molar refractivity (Wildman–Crippen MR) is 55.7 cm³/mol. The van der Waals surface area contributed by atoms with Crippen molar-refractivity contribution in [2.75, 3.05) is 0 Å². The van der Waals surface area contributed by atoms with Crippen molar-refractivity contribution in [3.63, 3.8) is 0 Å². The Hall–Kier alpha value is -1.40. The van der Waals surface area contributed by atoms with Gasteiger partial charge in [0.05, 0.1) is 5.56 Å². The van der Waals surface area contributed by atoms with E-state index in [1.54, 1.807) is 6.07 Å². The van der Waals surface area contributed by atoms with Gasteiger partial charge in [0, 0.05) is 4.47 Å². The van der Waals surface area contributed by atoms with Gasteiger partial charge in [0.1, 0.15) is 6.04 Å². The van der Waals surface area contributed by atoms with Gasteiger partial charge < -0.3 is 15.9 Å². The molecule has 0 saturated carbocycles. The highest BCUT2D eigenvalue weighted by Gasteiger charge is 2.21. The van der Waals surface area contributed by atoms with Crippen molar-refractivity contribution >= 4 is 27.9 Å². The molecule has 0 saturated heterocycles. The van der Waals surface area contributed by atoms with E-state index in [0.29, 0.717) is 4.47 Å². The van der Waals surface area contributed by atoms with Crippen LogP contribution in [0.25, 0.3) is 0 Å². The van der Waals surface area contributed by atoms with E-state index in [2.05, 4.69) is 15.9 Å². The molecule has 0 spiro atoms. The summed E-state index contributed by atoms with van der Waals surface area (Å²) < 4.78 is 0.557. The molecule has 1 aromatic carbocycles. The van der Waals surface area contributed by atoms with Crippen molar-refractivity contribution in [1.29, 1.82) is 0 Å². The lowest BCUT2D eigenvalue weighted by molar-refractivity contribution is -0.138. The quantitative estimate of drug-likeness (QED) is 0.769. The van der Waals surface area contributed by atoms with Gasteiger partial charge in [-0.25, -0.2) is 4.79 Å². The number of nitrogens with two attached hydrogens (primary N) is 1. The van der Waals surface area contributed by atoms with Crippen LogP contribution >= 0.6 is 15.9 Å². The first kappa shape index (κ1) is 11.7. The maximum absolute atomic E-state index is 10.8. The Kier molecular flexibility index (Phi) is 3.43. The van der Waals surface area contributed by atoms with E-state index in [4.69, 9.17) is 15.9 Å². The van der Waals surface area contributed by atoms with Crippen LogP contribution in [0.5, 0.6) is 0 Å². The monoisotopic (exact) mass is 273 g/mol. The van der Waals surface area contributed by atoms with Crippen LogP contribution in [0.1, 0.15) is 22.0 Å². The summed E-state index contributed by atoms with van der Waals surface area (Å²) in [5.74, 6) is -2.47. The second kappa shape index (κ2) is 4.41. The molecular weight excluding hydrogens is 266 g/mol. The summed E-state index contributed by atoms with van der Waals surface area (Å²) in [6.07, 6.45) is 0. The first-order chi connectivity index (χ1) is 6.93. The van der Waals surface area contributed by atoms with Gasteiger partial charge >= 0.3 is 11.9 Å². The summed E-state index contributed by atoms with van der Waals surface area (Å²) in [4.78, 5) is 21.5. The number of aliphatic carboxylic acids is 1.